The lowest BCUT2D eigenvalue weighted by molar-refractivity contribution is -0.148. The van der Waals surface area contributed by atoms with Crippen LogP contribution in [0.2, 0.25) is 0 Å². The van der Waals surface area contributed by atoms with Gasteiger partial charge < -0.3 is 10.1 Å². The molecule has 1 aliphatic rings. The number of ether oxygens (including phenoxy) is 1. The number of esters is 1. The zero-order chi connectivity index (χ0) is 20.7. The molecule has 1 aromatic rings. The summed E-state index contributed by atoms with van der Waals surface area (Å²) in [5.74, 6) is -0.365. The molecule has 0 bridgehead atoms. The monoisotopic (exact) mass is 387 g/mol. The number of hydrogen-bond donors (Lipinski definition) is 1. The number of ketones is 1. The van der Waals surface area contributed by atoms with Gasteiger partial charge in [-0.05, 0) is 49.5 Å². The molecule has 5 heteroatoms. The molecule has 0 spiro atoms. The molecule has 1 saturated carbocycles. The highest BCUT2D eigenvalue weighted by Gasteiger charge is 2.31. The summed E-state index contributed by atoms with van der Waals surface area (Å²) >= 11 is 0. The molecule has 1 aromatic carbocycles. The standard InChI is InChI=1S/C23H33NO4/c1-5-17-8-12-18(13-9-17)20(25)14-28-23(27)21(15(2)3)24-22(26)19-10-6-16(4)7-11-19/h8-9,12-13,15-16,19,21H,5-7,10-11,14H2,1-4H3,(H,24,26)/t16?,19?,21-/m1/s1. The van der Waals surface area contributed by atoms with E-state index in [1.807, 2.05) is 32.9 Å². The van der Waals surface area contributed by atoms with Gasteiger partial charge in [-0.3, -0.25) is 9.59 Å². The van der Waals surface area contributed by atoms with Gasteiger partial charge in [0.25, 0.3) is 0 Å². The quantitative estimate of drug-likeness (QED) is 0.542. The molecule has 0 heterocycles. The number of nitrogens with one attached hydrogen (secondary N) is 1. The molecule has 1 atom stereocenters. The summed E-state index contributed by atoms with van der Waals surface area (Å²) < 4.78 is 5.24. The fourth-order valence-corrected chi connectivity index (χ4v) is 3.53. The number of rotatable bonds is 8. The predicted molar refractivity (Wildman–Crippen MR) is 109 cm³/mol. The molecule has 1 fully saturated rings. The van der Waals surface area contributed by atoms with Crippen LogP contribution in [0.5, 0.6) is 0 Å². The molecular formula is C23H33NO4. The lowest BCUT2D eigenvalue weighted by Crippen LogP contribution is -2.48. The van der Waals surface area contributed by atoms with Crippen molar-refractivity contribution >= 4 is 17.7 Å². The van der Waals surface area contributed by atoms with Crippen LogP contribution in [0.1, 0.15) is 69.3 Å². The van der Waals surface area contributed by atoms with Gasteiger partial charge in [0.15, 0.2) is 12.4 Å². The van der Waals surface area contributed by atoms with Crippen LogP contribution in [0.25, 0.3) is 0 Å². The van der Waals surface area contributed by atoms with Crippen LogP contribution in [-0.2, 0) is 20.7 Å². The Morgan fingerprint density at radius 2 is 1.68 bits per heavy atom. The Hall–Kier alpha value is -2.17. The zero-order valence-electron chi connectivity index (χ0n) is 17.5. The summed E-state index contributed by atoms with van der Waals surface area (Å²) in [7, 11) is 0. The van der Waals surface area contributed by atoms with Crippen LogP contribution in [-0.4, -0.2) is 30.3 Å². The Morgan fingerprint density at radius 3 is 2.21 bits per heavy atom. The molecule has 2 rings (SSSR count). The van der Waals surface area contributed by atoms with Crippen LogP contribution in [0.15, 0.2) is 24.3 Å². The number of carbonyl (C=O) groups excluding carboxylic acids is 3. The fourth-order valence-electron chi connectivity index (χ4n) is 3.53. The molecule has 154 valence electrons. The number of carbonyl (C=O) groups is 3. The van der Waals surface area contributed by atoms with Crippen molar-refractivity contribution in [3.63, 3.8) is 0 Å². The normalized spacial score (nSPS) is 20.5. The van der Waals surface area contributed by atoms with Gasteiger partial charge in [-0.15, -0.1) is 0 Å². The van der Waals surface area contributed by atoms with Crippen LogP contribution in [0.3, 0.4) is 0 Å². The second kappa shape index (κ2) is 10.4. The summed E-state index contributed by atoms with van der Waals surface area (Å²) in [5.41, 5.74) is 1.67. The first-order valence-electron chi connectivity index (χ1n) is 10.4. The zero-order valence-corrected chi connectivity index (χ0v) is 17.5. The van der Waals surface area contributed by atoms with E-state index in [1.54, 1.807) is 12.1 Å². The van der Waals surface area contributed by atoms with Gasteiger partial charge in [0, 0.05) is 11.5 Å². The van der Waals surface area contributed by atoms with Crippen molar-refractivity contribution in [1.82, 2.24) is 5.32 Å². The minimum absolute atomic E-state index is 0.0380. The molecule has 0 saturated heterocycles. The number of hydrogen-bond acceptors (Lipinski definition) is 4. The Labute approximate surface area is 168 Å². The third-order valence-corrected chi connectivity index (χ3v) is 5.63. The topological polar surface area (TPSA) is 72.5 Å². The fraction of sp³-hybridized carbons (Fsp3) is 0.609. The average Bonchev–Trinajstić information content (AvgIpc) is 2.70. The number of amides is 1. The van der Waals surface area contributed by atoms with E-state index in [9.17, 15) is 14.4 Å². The summed E-state index contributed by atoms with van der Waals surface area (Å²) in [5, 5.41) is 2.85. The first-order valence-corrected chi connectivity index (χ1v) is 10.4. The van der Waals surface area contributed by atoms with E-state index in [-0.39, 0.29) is 30.1 Å². The molecule has 1 aliphatic carbocycles. The van der Waals surface area contributed by atoms with Gasteiger partial charge in [0.2, 0.25) is 5.91 Å². The largest absolute Gasteiger partial charge is 0.456 e. The van der Waals surface area contributed by atoms with Gasteiger partial charge >= 0.3 is 5.97 Å². The predicted octanol–water partition coefficient (Wildman–Crippen LogP) is 3.94. The van der Waals surface area contributed by atoms with Crippen LogP contribution < -0.4 is 5.32 Å². The van der Waals surface area contributed by atoms with E-state index in [0.29, 0.717) is 11.5 Å². The van der Waals surface area contributed by atoms with Crippen molar-refractivity contribution in [1.29, 1.82) is 0 Å². The van der Waals surface area contributed by atoms with E-state index in [2.05, 4.69) is 12.2 Å². The summed E-state index contributed by atoms with van der Waals surface area (Å²) in [4.78, 5) is 37.3. The first kappa shape index (κ1) is 22.1. The molecular weight excluding hydrogens is 354 g/mol. The highest BCUT2D eigenvalue weighted by Crippen LogP contribution is 2.28. The van der Waals surface area contributed by atoms with Gasteiger partial charge in [-0.2, -0.15) is 0 Å². The minimum Gasteiger partial charge on any atom is -0.456 e. The summed E-state index contributed by atoms with van der Waals surface area (Å²) in [6, 6.07) is 6.57. The smallest absolute Gasteiger partial charge is 0.329 e. The van der Waals surface area contributed by atoms with Gasteiger partial charge in [0.1, 0.15) is 6.04 Å². The van der Waals surface area contributed by atoms with Crippen LogP contribution >= 0.6 is 0 Å². The van der Waals surface area contributed by atoms with Crippen molar-refractivity contribution in [2.24, 2.45) is 17.8 Å². The maximum absolute atomic E-state index is 12.6. The number of aryl methyl sites for hydroxylation is 1. The van der Waals surface area contributed by atoms with Gasteiger partial charge in [0.05, 0.1) is 0 Å². The second-order valence-corrected chi connectivity index (χ2v) is 8.27. The number of benzene rings is 1. The maximum Gasteiger partial charge on any atom is 0.329 e. The van der Waals surface area contributed by atoms with Crippen LogP contribution in [0, 0.1) is 17.8 Å². The highest BCUT2D eigenvalue weighted by atomic mass is 16.5. The highest BCUT2D eigenvalue weighted by molar-refractivity contribution is 5.98. The van der Waals surface area contributed by atoms with E-state index >= 15 is 0 Å². The molecule has 1 amide bonds. The van der Waals surface area contributed by atoms with E-state index in [0.717, 1.165) is 37.7 Å². The molecule has 5 nitrogen and oxygen atoms in total. The van der Waals surface area contributed by atoms with Crippen molar-refractivity contribution in [2.45, 2.75) is 65.8 Å². The molecule has 0 unspecified atom stereocenters. The first-order chi connectivity index (χ1) is 13.3. The van der Waals surface area contributed by atoms with E-state index < -0.39 is 12.0 Å². The van der Waals surface area contributed by atoms with Gasteiger partial charge in [-0.25, -0.2) is 4.79 Å². The van der Waals surface area contributed by atoms with E-state index in [4.69, 9.17) is 4.74 Å². The van der Waals surface area contributed by atoms with E-state index in [1.165, 1.54) is 0 Å². The second-order valence-electron chi connectivity index (χ2n) is 8.27. The lowest BCUT2D eigenvalue weighted by Gasteiger charge is -2.28. The van der Waals surface area contributed by atoms with Crippen molar-refractivity contribution in [3.05, 3.63) is 35.4 Å². The maximum atomic E-state index is 12.6. The Bertz CT molecular complexity index is 672. The van der Waals surface area contributed by atoms with Crippen molar-refractivity contribution < 1.29 is 19.1 Å². The van der Waals surface area contributed by atoms with Crippen molar-refractivity contribution in [2.75, 3.05) is 6.61 Å². The Morgan fingerprint density at radius 1 is 1.07 bits per heavy atom. The third-order valence-electron chi connectivity index (χ3n) is 5.63. The number of Topliss-reactive ketones (excluding diaryl/α,β-unsaturated/α-hetero) is 1. The van der Waals surface area contributed by atoms with Crippen molar-refractivity contribution in [3.8, 4) is 0 Å². The average molecular weight is 388 g/mol. The van der Waals surface area contributed by atoms with Gasteiger partial charge in [-0.1, -0.05) is 52.0 Å². The molecule has 0 aliphatic heterocycles. The molecule has 0 aromatic heterocycles. The Balaban J connectivity index is 1.89. The molecule has 0 radical (unpaired) electrons. The molecule has 28 heavy (non-hydrogen) atoms. The Kier molecular flexibility index (Phi) is 8.21. The lowest BCUT2D eigenvalue weighted by atomic mass is 9.82. The SMILES string of the molecule is CCc1ccc(C(=O)COC(=O)[C@H](NC(=O)C2CCC(C)CC2)C(C)C)cc1. The summed E-state index contributed by atoms with van der Waals surface area (Å²) in [6.07, 6.45) is 4.71. The third kappa shape index (κ3) is 6.18. The summed E-state index contributed by atoms with van der Waals surface area (Å²) in [6.45, 7) is 7.66. The molecule has 1 N–H and O–H groups in total. The van der Waals surface area contributed by atoms with Crippen LogP contribution in [0.4, 0.5) is 0 Å². The minimum atomic E-state index is -0.734.